The van der Waals surface area contributed by atoms with E-state index in [-0.39, 0.29) is 23.9 Å². The van der Waals surface area contributed by atoms with E-state index in [1.165, 1.54) is 5.56 Å². The van der Waals surface area contributed by atoms with Crippen LogP contribution in [-0.4, -0.2) is 53.8 Å². The second-order valence-corrected chi connectivity index (χ2v) is 8.74. The lowest BCUT2D eigenvalue weighted by Gasteiger charge is -2.36. The van der Waals surface area contributed by atoms with Crippen molar-refractivity contribution in [1.29, 1.82) is 0 Å². The summed E-state index contributed by atoms with van der Waals surface area (Å²) in [6.07, 6.45) is 2.26. The van der Waals surface area contributed by atoms with Crippen molar-refractivity contribution in [1.82, 2.24) is 20.7 Å². The summed E-state index contributed by atoms with van der Waals surface area (Å²) in [5, 5.41) is 0. The Kier molecular flexibility index (Phi) is 6.89. The van der Waals surface area contributed by atoms with Crippen molar-refractivity contribution in [3.63, 3.8) is 0 Å². The van der Waals surface area contributed by atoms with E-state index < -0.39 is 0 Å². The fourth-order valence-electron chi connectivity index (χ4n) is 3.60. The van der Waals surface area contributed by atoms with Crippen molar-refractivity contribution in [3.05, 3.63) is 34.3 Å². The van der Waals surface area contributed by atoms with E-state index in [0.29, 0.717) is 38.5 Å². The van der Waals surface area contributed by atoms with Crippen LogP contribution in [0.25, 0.3) is 0 Å². The number of piperazine rings is 1. The predicted molar refractivity (Wildman–Crippen MR) is 109 cm³/mol. The van der Waals surface area contributed by atoms with Crippen LogP contribution >= 0.6 is 15.9 Å². The van der Waals surface area contributed by atoms with Crippen LogP contribution in [0.4, 0.5) is 0 Å². The minimum absolute atomic E-state index is 0.122. The largest absolute Gasteiger partial charge is 0.339 e. The maximum absolute atomic E-state index is 12.8. The van der Waals surface area contributed by atoms with Crippen LogP contribution < -0.4 is 10.9 Å². The van der Waals surface area contributed by atoms with Gasteiger partial charge in [-0.25, -0.2) is 10.9 Å². The maximum Gasteiger partial charge on any atom is 0.241 e. The van der Waals surface area contributed by atoms with E-state index in [4.69, 9.17) is 0 Å². The number of carbonyl (C=O) groups is 2. The molecule has 2 heterocycles. The number of nitrogens with one attached hydrogen (secondary N) is 2. The molecule has 2 N–H and O–H groups in total. The van der Waals surface area contributed by atoms with Gasteiger partial charge in [-0.1, -0.05) is 41.9 Å². The topological polar surface area (TPSA) is 64.7 Å². The minimum atomic E-state index is -0.221. The maximum atomic E-state index is 12.8. The standard InChI is InChI=1S/C20H29BrN4O2/c1-14(2)3-8-19(26)24-9-11-25(12-10-24)20(27)18-13-17(22-23-18)15-4-6-16(21)7-5-15/h4-7,14,17-18,22-23H,3,8-13H2,1-2H3. The molecule has 27 heavy (non-hydrogen) atoms. The minimum Gasteiger partial charge on any atom is -0.339 e. The molecule has 2 fully saturated rings. The number of carbonyl (C=O) groups excluding carboxylic acids is 2. The van der Waals surface area contributed by atoms with Crippen LogP contribution in [0, 0.1) is 5.92 Å². The van der Waals surface area contributed by atoms with Gasteiger partial charge in [0.05, 0.1) is 0 Å². The zero-order valence-electron chi connectivity index (χ0n) is 16.1. The smallest absolute Gasteiger partial charge is 0.241 e. The molecule has 0 aromatic heterocycles. The summed E-state index contributed by atoms with van der Waals surface area (Å²) in [5.41, 5.74) is 7.56. The molecule has 2 aliphatic rings. The van der Waals surface area contributed by atoms with E-state index in [0.717, 1.165) is 17.3 Å². The first-order valence-electron chi connectivity index (χ1n) is 9.77. The average Bonchev–Trinajstić information content (AvgIpc) is 3.16. The van der Waals surface area contributed by atoms with Gasteiger partial charge in [0.25, 0.3) is 0 Å². The number of amides is 2. The second-order valence-electron chi connectivity index (χ2n) is 7.82. The molecule has 3 rings (SSSR count). The van der Waals surface area contributed by atoms with Crippen LogP contribution in [0.15, 0.2) is 28.7 Å². The number of hydrogen-bond acceptors (Lipinski definition) is 4. The molecule has 0 saturated carbocycles. The summed E-state index contributed by atoms with van der Waals surface area (Å²) in [6, 6.07) is 8.08. The first kappa shape index (κ1) is 20.3. The molecule has 0 bridgehead atoms. The summed E-state index contributed by atoms with van der Waals surface area (Å²) in [6.45, 7) is 6.78. The Bertz CT molecular complexity index is 656. The molecule has 6 nitrogen and oxygen atoms in total. The normalized spacial score (nSPS) is 23.1. The van der Waals surface area contributed by atoms with Gasteiger partial charge in [0, 0.05) is 43.1 Å². The number of nitrogens with zero attached hydrogens (tertiary/aromatic N) is 2. The van der Waals surface area contributed by atoms with E-state index in [1.54, 1.807) is 0 Å². The number of halogens is 1. The van der Waals surface area contributed by atoms with E-state index in [2.05, 4.69) is 52.8 Å². The van der Waals surface area contributed by atoms with Gasteiger partial charge >= 0.3 is 0 Å². The molecule has 0 radical (unpaired) electrons. The first-order chi connectivity index (χ1) is 12.9. The number of benzene rings is 1. The summed E-state index contributed by atoms with van der Waals surface area (Å²) in [7, 11) is 0. The second kappa shape index (κ2) is 9.17. The number of hydrazine groups is 1. The van der Waals surface area contributed by atoms with Crippen LogP contribution in [-0.2, 0) is 9.59 Å². The Morgan fingerprint density at radius 2 is 1.70 bits per heavy atom. The van der Waals surface area contributed by atoms with Gasteiger partial charge in [-0.2, -0.15) is 0 Å². The molecule has 0 aliphatic carbocycles. The zero-order valence-corrected chi connectivity index (χ0v) is 17.7. The highest BCUT2D eigenvalue weighted by Crippen LogP contribution is 2.24. The predicted octanol–water partition coefficient (Wildman–Crippen LogP) is 2.46. The van der Waals surface area contributed by atoms with Gasteiger partial charge < -0.3 is 9.80 Å². The third-order valence-corrected chi connectivity index (χ3v) is 5.88. The third-order valence-electron chi connectivity index (χ3n) is 5.35. The highest BCUT2D eigenvalue weighted by Gasteiger charge is 2.34. The lowest BCUT2D eigenvalue weighted by Crippen LogP contribution is -2.54. The molecule has 2 aliphatic heterocycles. The average molecular weight is 437 g/mol. The molecule has 0 spiro atoms. The van der Waals surface area contributed by atoms with Gasteiger partial charge in [-0.3, -0.25) is 9.59 Å². The molecular formula is C20H29BrN4O2. The zero-order chi connectivity index (χ0) is 19.4. The Morgan fingerprint density at radius 3 is 2.33 bits per heavy atom. The quantitative estimate of drug-likeness (QED) is 0.743. The Balaban J connectivity index is 1.47. The van der Waals surface area contributed by atoms with Gasteiger partial charge in [-0.05, 0) is 36.5 Å². The van der Waals surface area contributed by atoms with E-state index in [1.807, 2.05) is 21.9 Å². The van der Waals surface area contributed by atoms with Crippen molar-refractivity contribution < 1.29 is 9.59 Å². The lowest BCUT2D eigenvalue weighted by molar-refractivity contribution is -0.140. The summed E-state index contributed by atoms with van der Waals surface area (Å²) in [4.78, 5) is 28.9. The fraction of sp³-hybridized carbons (Fsp3) is 0.600. The van der Waals surface area contributed by atoms with Crippen molar-refractivity contribution in [2.75, 3.05) is 26.2 Å². The van der Waals surface area contributed by atoms with Crippen molar-refractivity contribution in [3.8, 4) is 0 Å². The fourth-order valence-corrected chi connectivity index (χ4v) is 3.86. The SMILES string of the molecule is CC(C)CCC(=O)N1CCN(C(=O)C2CC(c3ccc(Br)cc3)NN2)CC1. The van der Waals surface area contributed by atoms with E-state index >= 15 is 0 Å². The molecule has 2 amide bonds. The molecule has 7 heteroatoms. The van der Waals surface area contributed by atoms with Gasteiger partial charge in [-0.15, -0.1) is 0 Å². The van der Waals surface area contributed by atoms with Gasteiger partial charge in [0.1, 0.15) is 6.04 Å². The molecule has 148 valence electrons. The third kappa shape index (κ3) is 5.30. The van der Waals surface area contributed by atoms with Crippen molar-refractivity contribution in [2.45, 2.75) is 45.2 Å². The monoisotopic (exact) mass is 436 g/mol. The highest BCUT2D eigenvalue weighted by molar-refractivity contribution is 9.10. The molecule has 2 saturated heterocycles. The summed E-state index contributed by atoms with van der Waals surface area (Å²) < 4.78 is 1.05. The first-order valence-corrected chi connectivity index (χ1v) is 10.6. The Labute approximate surface area is 169 Å². The molecular weight excluding hydrogens is 408 g/mol. The lowest BCUT2D eigenvalue weighted by atomic mass is 10.0. The van der Waals surface area contributed by atoms with Crippen LogP contribution in [0.1, 0.15) is 44.7 Å². The Morgan fingerprint density at radius 1 is 1.07 bits per heavy atom. The summed E-state index contributed by atoms with van der Waals surface area (Å²) in [5.74, 6) is 0.875. The highest BCUT2D eigenvalue weighted by atomic mass is 79.9. The van der Waals surface area contributed by atoms with Gasteiger partial charge in [0.2, 0.25) is 11.8 Å². The summed E-state index contributed by atoms with van der Waals surface area (Å²) >= 11 is 3.45. The van der Waals surface area contributed by atoms with Crippen LogP contribution in [0.3, 0.4) is 0 Å². The molecule has 2 atom stereocenters. The molecule has 1 aromatic carbocycles. The van der Waals surface area contributed by atoms with Crippen molar-refractivity contribution >= 4 is 27.7 Å². The van der Waals surface area contributed by atoms with Crippen LogP contribution in [0.5, 0.6) is 0 Å². The van der Waals surface area contributed by atoms with Gasteiger partial charge in [0.15, 0.2) is 0 Å². The Hall–Kier alpha value is -1.44. The molecule has 1 aromatic rings. The number of rotatable bonds is 5. The number of hydrogen-bond donors (Lipinski definition) is 2. The van der Waals surface area contributed by atoms with Crippen LogP contribution in [0.2, 0.25) is 0 Å². The van der Waals surface area contributed by atoms with Crippen molar-refractivity contribution in [2.24, 2.45) is 5.92 Å². The molecule has 2 unspecified atom stereocenters. The van der Waals surface area contributed by atoms with E-state index in [9.17, 15) is 9.59 Å².